The number of anilines is 1. The molecule has 5 nitrogen and oxygen atoms in total. The smallest absolute Gasteiger partial charge is 0.119 e. The van der Waals surface area contributed by atoms with Gasteiger partial charge in [0.05, 0.1) is 6.61 Å². The molecule has 2 saturated heterocycles. The van der Waals surface area contributed by atoms with Crippen LogP contribution < -0.4 is 14.4 Å². The summed E-state index contributed by atoms with van der Waals surface area (Å²) in [5.41, 5.74) is 1.32. The van der Waals surface area contributed by atoms with E-state index in [0.29, 0.717) is 13.2 Å². The Labute approximate surface area is 155 Å². The van der Waals surface area contributed by atoms with Gasteiger partial charge in [0.1, 0.15) is 30.8 Å². The molecular formula is C21H26N2O3. The summed E-state index contributed by atoms with van der Waals surface area (Å²) >= 11 is 0. The summed E-state index contributed by atoms with van der Waals surface area (Å²) in [4.78, 5) is 4.91. The predicted octanol–water partition coefficient (Wildman–Crippen LogP) is 2.67. The number of ether oxygens (including phenoxy) is 3. The van der Waals surface area contributed by atoms with Crippen molar-refractivity contribution in [1.82, 2.24) is 4.90 Å². The lowest BCUT2D eigenvalue weighted by Gasteiger charge is -2.36. The molecule has 0 N–H and O–H groups in total. The van der Waals surface area contributed by atoms with Crippen LogP contribution >= 0.6 is 0 Å². The summed E-state index contributed by atoms with van der Waals surface area (Å²) in [5.74, 6) is 1.76. The minimum absolute atomic E-state index is 0.285. The Bertz CT molecular complexity index is 665. The molecule has 2 heterocycles. The van der Waals surface area contributed by atoms with Crippen LogP contribution in [-0.2, 0) is 4.74 Å². The number of para-hydroxylation sites is 1. The monoisotopic (exact) mass is 354 g/mol. The molecule has 5 heteroatoms. The van der Waals surface area contributed by atoms with Crippen molar-refractivity contribution in [2.45, 2.75) is 6.10 Å². The molecule has 2 aliphatic heterocycles. The van der Waals surface area contributed by atoms with Gasteiger partial charge in [0, 0.05) is 38.4 Å². The zero-order valence-electron chi connectivity index (χ0n) is 15.0. The molecule has 2 aromatic rings. The van der Waals surface area contributed by atoms with Gasteiger partial charge in [0.15, 0.2) is 0 Å². The van der Waals surface area contributed by atoms with Gasteiger partial charge in [0.25, 0.3) is 0 Å². The average Bonchev–Trinajstić information content (AvgIpc) is 3.53. The van der Waals surface area contributed by atoms with E-state index in [2.05, 4.69) is 40.1 Å². The first-order valence-electron chi connectivity index (χ1n) is 9.36. The van der Waals surface area contributed by atoms with Gasteiger partial charge in [-0.15, -0.1) is 0 Å². The summed E-state index contributed by atoms with van der Waals surface area (Å²) in [5, 5.41) is 0. The van der Waals surface area contributed by atoms with E-state index in [1.165, 1.54) is 5.69 Å². The topological polar surface area (TPSA) is 37.5 Å². The third-order valence-electron chi connectivity index (χ3n) is 4.83. The van der Waals surface area contributed by atoms with Crippen molar-refractivity contribution >= 4 is 5.69 Å². The maximum absolute atomic E-state index is 5.88. The molecule has 26 heavy (non-hydrogen) atoms. The summed E-state index contributed by atoms with van der Waals surface area (Å²) in [6, 6.07) is 18.5. The molecule has 0 aromatic heterocycles. The maximum atomic E-state index is 5.88. The number of nitrogens with zero attached hydrogens (tertiary/aromatic N) is 2. The highest BCUT2D eigenvalue weighted by molar-refractivity contribution is 5.46. The number of piperazine rings is 1. The molecule has 138 valence electrons. The van der Waals surface area contributed by atoms with Crippen molar-refractivity contribution in [3.8, 4) is 11.5 Å². The van der Waals surface area contributed by atoms with E-state index in [1.807, 2.05) is 24.3 Å². The minimum Gasteiger partial charge on any atom is -0.492 e. The number of epoxide rings is 1. The third-order valence-corrected chi connectivity index (χ3v) is 4.83. The maximum Gasteiger partial charge on any atom is 0.119 e. The molecule has 0 unspecified atom stereocenters. The van der Waals surface area contributed by atoms with E-state index in [-0.39, 0.29) is 6.10 Å². The van der Waals surface area contributed by atoms with Crippen molar-refractivity contribution in [1.29, 1.82) is 0 Å². The standard InChI is InChI=1S/C21H26N2O3/c1-2-4-18(5-3-1)23-12-10-22(11-13-23)14-15-24-19-6-8-20(9-7-19)25-16-21-17-26-21/h1-9,21H,10-17H2/t21-/m0/s1. The van der Waals surface area contributed by atoms with Crippen molar-refractivity contribution in [2.75, 3.05) is 57.4 Å². The van der Waals surface area contributed by atoms with E-state index >= 15 is 0 Å². The van der Waals surface area contributed by atoms with Crippen molar-refractivity contribution in [3.05, 3.63) is 54.6 Å². The highest BCUT2D eigenvalue weighted by atomic mass is 16.6. The van der Waals surface area contributed by atoms with Crippen molar-refractivity contribution in [3.63, 3.8) is 0 Å². The highest BCUT2D eigenvalue weighted by Gasteiger charge is 2.23. The molecule has 1 atom stereocenters. The van der Waals surface area contributed by atoms with E-state index in [1.54, 1.807) is 0 Å². The van der Waals surface area contributed by atoms with Gasteiger partial charge in [-0.1, -0.05) is 18.2 Å². The van der Waals surface area contributed by atoms with Crippen LogP contribution in [0.3, 0.4) is 0 Å². The van der Waals surface area contributed by atoms with Crippen LogP contribution in [0.4, 0.5) is 5.69 Å². The molecule has 2 fully saturated rings. The molecule has 2 aromatic carbocycles. The van der Waals surface area contributed by atoms with Gasteiger partial charge >= 0.3 is 0 Å². The van der Waals surface area contributed by atoms with Gasteiger partial charge in [-0.2, -0.15) is 0 Å². The molecule has 2 aliphatic rings. The first kappa shape index (κ1) is 17.2. The Morgan fingerprint density at radius 2 is 1.50 bits per heavy atom. The van der Waals surface area contributed by atoms with E-state index in [9.17, 15) is 0 Å². The molecule has 0 bridgehead atoms. The van der Waals surface area contributed by atoms with Crippen LogP contribution in [0.25, 0.3) is 0 Å². The molecule has 0 amide bonds. The van der Waals surface area contributed by atoms with Crippen LogP contribution in [0.2, 0.25) is 0 Å². The average molecular weight is 354 g/mol. The number of hydrogen-bond donors (Lipinski definition) is 0. The fraction of sp³-hybridized carbons (Fsp3) is 0.429. The van der Waals surface area contributed by atoms with E-state index in [0.717, 1.165) is 50.8 Å². The van der Waals surface area contributed by atoms with Crippen LogP contribution in [0.15, 0.2) is 54.6 Å². The fourth-order valence-corrected chi connectivity index (χ4v) is 3.15. The molecule has 4 rings (SSSR count). The van der Waals surface area contributed by atoms with Crippen LogP contribution in [0, 0.1) is 0 Å². The van der Waals surface area contributed by atoms with Crippen LogP contribution in [0.5, 0.6) is 11.5 Å². The second-order valence-corrected chi connectivity index (χ2v) is 6.75. The van der Waals surface area contributed by atoms with Gasteiger partial charge in [-0.05, 0) is 36.4 Å². The van der Waals surface area contributed by atoms with E-state index < -0.39 is 0 Å². The summed E-state index contributed by atoms with van der Waals surface area (Å²) in [6.07, 6.45) is 0.285. The van der Waals surface area contributed by atoms with Gasteiger partial charge < -0.3 is 19.1 Å². The van der Waals surface area contributed by atoms with Gasteiger partial charge in [-0.3, -0.25) is 4.90 Å². The predicted molar refractivity (Wildman–Crippen MR) is 102 cm³/mol. The Morgan fingerprint density at radius 3 is 2.15 bits per heavy atom. The number of benzene rings is 2. The number of hydrogen-bond acceptors (Lipinski definition) is 5. The molecular weight excluding hydrogens is 328 g/mol. The Morgan fingerprint density at radius 1 is 0.846 bits per heavy atom. The van der Waals surface area contributed by atoms with Gasteiger partial charge in [-0.25, -0.2) is 0 Å². The fourth-order valence-electron chi connectivity index (χ4n) is 3.15. The molecule has 0 spiro atoms. The molecule has 0 saturated carbocycles. The quantitative estimate of drug-likeness (QED) is 0.682. The first-order chi connectivity index (χ1) is 12.9. The second-order valence-electron chi connectivity index (χ2n) is 6.75. The Hall–Kier alpha value is -2.24. The normalized spacial score (nSPS) is 20.0. The summed E-state index contributed by atoms with van der Waals surface area (Å²) in [6.45, 7) is 7.42. The Kier molecular flexibility index (Phi) is 5.57. The number of rotatable bonds is 8. The highest BCUT2D eigenvalue weighted by Crippen LogP contribution is 2.20. The minimum atomic E-state index is 0.285. The first-order valence-corrected chi connectivity index (χ1v) is 9.36. The second kappa shape index (κ2) is 8.43. The van der Waals surface area contributed by atoms with Gasteiger partial charge in [0.2, 0.25) is 0 Å². The van der Waals surface area contributed by atoms with E-state index in [4.69, 9.17) is 14.2 Å². The zero-order valence-corrected chi connectivity index (χ0v) is 15.0. The lowest BCUT2D eigenvalue weighted by atomic mass is 10.2. The summed E-state index contributed by atoms with van der Waals surface area (Å²) in [7, 11) is 0. The lowest BCUT2D eigenvalue weighted by Crippen LogP contribution is -2.47. The van der Waals surface area contributed by atoms with Crippen molar-refractivity contribution in [2.24, 2.45) is 0 Å². The zero-order chi connectivity index (χ0) is 17.6. The summed E-state index contributed by atoms with van der Waals surface area (Å²) < 4.78 is 16.7. The Balaban J connectivity index is 1.15. The third kappa shape index (κ3) is 4.90. The lowest BCUT2D eigenvalue weighted by molar-refractivity contribution is 0.200. The molecule has 0 aliphatic carbocycles. The largest absolute Gasteiger partial charge is 0.492 e. The molecule has 0 radical (unpaired) electrons. The van der Waals surface area contributed by atoms with Crippen molar-refractivity contribution < 1.29 is 14.2 Å². The van der Waals surface area contributed by atoms with Crippen LogP contribution in [0.1, 0.15) is 0 Å². The van der Waals surface area contributed by atoms with Crippen LogP contribution in [-0.4, -0.2) is 63.5 Å². The SMILES string of the molecule is c1ccc(N2CCN(CCOc3ccc(OC[C@H]4CO4)cc3)CC2)cc1.